The van der Waals surface area contributed by atoms with Gasteiger partial charge in [0.25, 0.3) is 0 Å². The van der Waals surface area contributed by atoms with Crippen molar-refractivity contribution in [3.05, 3.63) is 39.6 Å². The third-order valence-electron chi connectivity index (χ3n) is 3.34. The van der Waals surface area contributed by atoms with E-state index in [2.05, 4.69) is 33.4 Å². The van der Waals surface area contributed by atoms with E-state index in [1.165, 1.54) is 16.1 Å². The molecule has 0 saturated heterocycles. The van der Waals surface area contributed by atoms with Crippen LogP contribution < -0.4 is 5.32 Å². The number of thiophene rings is 1. The van der Waals surface area contributed by atoms with Gasteiger partial charge in [-0.25, -0.2) is 4.98 Å². The van der Waals surface area contributed by atoms with Crippen molar-refractivity contribution in [3.63, 3.8) is 0 Å². The first-order valence-electron chi connectivity index (χ1n) is 5.55. The number of aromatic nitrogens is 2. The van der Waals surface area contributed by atoms with Gasteiger partial charge in [-0.15, -0.1) is 11.3 Å². The van der Waals surface area contributed by atoms with Gasteiger partial charge < -0.3 is 9.88 Å². The van der Waals surface area contributed by atoms with Crippen LogP contribution in [0.15, 0.2) is 17.6 Å². The minimum absolute atomic E-state index is 0.329. The van der Waals surface area contributed by atoms with Crippen LogP contribution in [0.5, 0.6) is 0 Å². The molecule has 3 rings (SSSR count). The molecule has 1 unspecified atom stereocenters. The number of nitrogens with zero attached hydrogens (tertiary/aromatic N) is 2. The average Bonchev–Trinajstić information content (AvgIpc) is 2.87. The van der Waals surface area contributed by atoms with Crippen LogP contribution in [0.2, 0.25) is 0 Å². The fourth-order valence-corrected chi connectivity index (χ4v) is 3.32. The Morgan fingerprint density at radius 2 is 2.44 bits per heavy atom. The van der Waals surface area contributed by atoms with Gasteiger partial charge in [-0.2, -0.15) is 0 Å². The van der Waals surface area contributed by atoms with E-state index in [1.54, 1.807) is 0 Å². The van der Waals surface area contributed by atoms with E-state index < -0.39 is 0 Å². The van der Waals surface area contributed by atoms with E-state index in [0.717, 1.165) is 18.8 Å². The van der Waals surface area contributed by atoms with Crippen LogP contribution in [-0.4, -0.2) is 16.1 Å². The van der Waals surface area contributed by atoms with E-state index in [0.29, 0.717) is 6.04 Å². The van der Waals surface area contributed by atoms with E-state index in [4.69, 9.17) is 0 Å². The molecule has 0 spiro atoms. The first kappa shape index (κ1) is 10.1. The molecule has 84 valence electrons. The van der Waals surface area contributed by atoms with Gasteiger partial charge in [0.1, 0.15) is 5.82 Å². The van der Waals surface area contributed by atoms with E-state index in [-0.39, 0.29) is 0 Å². The number of imidazole rings is 1. The zero-order valence-electron chi connectivity index (χ0n) is 9.53. The SMILES string of the molecule is Cc1ncc(C2NCCc3ccsc32)n1C. The molecule has 0 fully saturated rings. The zero-order chi connectivity index (χ0) is 11.1. The molecular weight excluding hydrogens is 218 g/mol. The number of fused-ring (bicyclic) bond motifs is 1. The van der Waals surface area contributed by atoms with Gasteiger partial charge in [-0.1, -0.05) is 0 Å². The molecule has 1 N–H and O–H groups in total. The summed E-state index contributed by atoms with van der Waals surface area (Å²) in [6.45, 7) is 3.10. The topological polar surface area (TPSA) is 29.9 Å². The van der Waals surface area contributed by atoms with Crippen LogP contribution in [0.3, 0.4) is 0 Å². The van der Waals surface area contributed by atoms with Crippen molar-refractivity contribution in [1.29, 1.82) is 0 Å². The maximum Gasteiger partial charge on any atom is 0.105 e. The van der Waals surface area contributed by atoms with Crippen molar-refractivity contribution in [1.82, 2.24) is 14.9 Å². The molecule has 0 aliphatic carbocycles. The molecule has 3 nitrogen and oxygen atoms in total. The van der Waals surface area contributed by atoms with Crippen molar-refractivity contribution < 1.29 is 0 Å². The standard InChI is InChI=1S/C12H15N3S/c1-8-14-7-10(15(8)2)11-12-9(3-5-13-11)4-6-16-12/h4,6-7,11,13H,3,5H2,1-2H3. The third-order valence-corrected chi connectivity index (χ3v) is 4.36. The number of hydrogen-bond acceptors (Lipinski definition) is 3. The Labute approximate surface area is 99.1 Å². The lowest BCUT2D eigenvalue weighted by Gasteiger charge is -2.24. The molecular formula is C12H15N3S. The molecule has 2 aromatic rings. The molecule has 1 aliphatic heterocycles. The molecule has 16 heavy (non-hydrogen) atoms. The van der Waals surface area contributed by atoms with Crippen molar-refractivity contribution in [3.8, 4) is 0 Å². The minimum Gasteiger partial charge on any atom is -0.334 e. The van der Waals surface area contributed by atoms with E-state index in [9.17, 15) is 0 Å². The van der Waals surface area contributed by atoms with Crippen molar-refractivity contribution in [2.24, 2.45) is 7.05 Å². The maximum atomic E-state index is 4.38. The highest BCUT2D eigenvalue weighted by atomic mass is 32.1. The second kappa shape index (κ2) is 3.71. The summed E-state index contributed by atoms with van der Waals surface area (Å²) in [4.78, 5) is 5.83. The predicted molar refractivity (Wildman–Crippen MR) is 65.8 cm³/mol. The second-order valence-corrected chi connectivity index (χ2v) is 5.18. The number of rotatable bonds is 1. The highest BCUT2D eigenvalue weighted by molar-refractivity contribution is 7.10. The summed E-state index contributed by atoms with van der Waals surface area (Å²) < 4.78 is 2.17. The lowest BCUT2D eigenvalue weighted by molar-refractivity contribution is 0.550. The van der Waals surface area contributed by atoms with Gasteiger partial charge in [0.15, 0.2) is 0 Å². The summed E-state index contributed by atoms with van der Waals surface area (Å²) >= 11 is 1.84. The van der Waals surface area contributed by atoms with E-state index >= 15 is 0 Å². The Bertz CT molecular complexity index is 512. The molecule has 1 atom stereocenters. The number of aryl methyl sites for hydroxylation is 1. The first-order chi connectivity index (χ1) is 7.77. The summed E-state index contributed by atoms with van der Waals surface area (Å²) in [5.41, 5.74) is 2.76. The van der Waals surface area contributed by atoms with Gasteiger partial charge in [-0.3, -0.25) is 0 Å². The Morgan fingerprint density at radius 3 is 3.19 bits per heavy atom. The quantitative estimate of drug-likeness (QED) is 0.816. The van der Waals surface area contributed by atoms with Gasteiger partial charge in [0.05, 0.1) is 17.9 Å². The molecule has 0 bridgehead atoms. The van der Waals surface area contributed by atoms with Crippen LogP contribution in [0.25, 0.3) is 0 Å². The summed E-state index contributed by atoms with van der Waals surface area (Å²) in [6, 6.07) is 2.58. The second-order valence-electron chi connectivity index (χ2n) is 4.24. The zero-order valence-corrected chi connectivity index (χ0v) is 10.3. The van der Waals surface area contributed by atoms with Crippen molar-refractivity contribution in [2.75, 3.05) is 6.54 Å². The van der Waals surface area contributed by atoms with Gasteiger partial charge in [0.2, 0.25) is 0 Å². The van der Waals surface area contributed by atoms with Gasteiger partial charge in [-0.05, 0) is 30.4 Å². The molecule has 0 saturated carbocycles. The molecule has 0 aromatic carbocycles. The number of hydrogen-bond donors (Lipinski definition) is 1. The smallest absolute Gasteiger partial charge is 0.105 e. The average molecular weight is 233 g/mol. The fourth-order valence-electron chi connectivity index (χ4n) is 2.28. The fraction of sp³-hybridized carbons (Fsp3) is 0.417. The van der Waals surface area contributed by atoms with Crippen LogP contribution >= 0.6 is 11.3 Å². The van der Waals surface area contributed by atoms with Crippen molar-refractivity contribution >= 4 is 11.3 Å². The summed E-state index contributed by atoms with van der Waals surface area (Å²) in [5.74, 6) is 1.07. The predicted octanol–water partition coefficient (Wildman–Crippen LogP) is 2.03. The molecule has 0 radical (unpaired) electrons. The third kappa shape index (κ3) is 1.41. The Hall–Kier alpha value is -1.13. The largest absolute Gasteiger partial charge is 0.334 e. The lowest BCUT2D eigenvalue weighted by atomic mass is 10.0. The monoisotopic (exact) mass is 233 g/mol. The molecule has 1 aliphatic rings. The lowest BCUT2D eigenvalue weighted by Crippen LogP contribution is -2.30. The Kier molecular flexibility index (Phi) is 2.33. The first-order valence-corrected chi connectivity index (χ1v) is 6.43. The molecule has 0 amide bonds. The van der Waals surface area contributed by atoms with Crippen LogP contribution in [0, 0.1) is 6.92 Å². The van der Waals surface area contributed by atoms with E-state index in [1.807, 2.05) is 24.5 Å². The van der Waals surface area contributed by atoms with Gasteiger partial charge in [0, 0.05) is 18.5 Å². The van der Waals surface area contributed by atoms with Crippen LogP contribution in [0.1, 0.15) is 28.0 Å². The molecule has 3 heterocycles. The van der Waals surface area contributed by atoms with Crippen LogP contribution in [0.4, 0.5) is 0 Å². The highest BCUT2D eigenvalue weighted by Gasteiger charge is 2.24. The minimum atomic E-state index is 0.329. The number of nitrogens with one attached hydrogen (secondary N) is 1. The summed E-state index contributed by atoms with van der Waals surface area (Å²) in [7, 11) is 2.08. The Balaban J connectivity index is 2.07. The molecule has 2 aromatic heterocycles. The van der Waals surface area contributed by atoms with Crippen LogP contribution in [-0.2, 0) is 13.5 Å². The Morgan fingerprint density at radius 1 is 1.56 bits per heavy atom. The summed E-state index contributed by atoms with van der Waals surface area (Å²) in [6.07, 6.45) is 3.13. The van der Waals surface area contributed by atoms with Crippen molar-refractivity contribution in [2.45, 2.75) is 19.4 Å². The maximum absolute atomic E-state index is 4.38. The molecule has 4 heteroatoms. The van der Waals surface area contributed by atoms with Gasteiger partial charge >= 0.3 is 0 Å². The highest BCUT2D eigenvalue weighted by Crippen LogP contribution is 2.32. The normalized spacial score (nSPS) is 19.8. The summed E-state index contributed by atoms with van der Waals surface area (Å²) in [5, 5.41) is 5.77.